The number of hydrogen-bond donors (Lipinski definition) is 2. The van der Waals surface area contributed by atoms with Crippen molar-refractivity contribution in [3.05, 3.63) is 45.0 Å². The summed E-state index contributed by atoms with van der Waals surface area (Å²) in [5.41, 5.74) is 2.43. The maximum atomic E-state index is 14.1. The van der Waals surface area contributed by atoms with Gasteiger partial charge in [0.1, 0.15) is 6.33 Å². The van der Waals surface area contributed by atoms with Gasteiger partial charge in [-0.2, -0.15) is 5.10 Å². The lowest BCUT2D eigenvalue weighted by Gasteiger charge is -2.12. The molecule has 0 aliphatic heterocycles. The third-order valence-corrected chi connectivity index (χ3v) is 3.60. The van der Waals surface area contributed by atoms with Gasteiger partial charge in [0, 0.05) is 12.1 Å². The summed E-state index contributed by atoms with van der Waals surface area (Å²) in [7, 11) is 0. The molecular formula is C15H20FN5O. The number of aromatic nitrogens is 4. The topological polar surface area (TPSA) is 83.6 Å². The smallest absolute Gasteiger partial charge is 0.269 e. The lowest BCUT2D eigenvalue weighted by Crippen LogP contribution is -2.22. The largest absolute Gasteiger partial charge is 0.363 e. The van der Waals surface area contributed by atoms with Gasteiger partial charge in [-0.3, -0.25) is 4.79 Å². The van der Waals surface area contributed by atoms with Crippen LogP contribution in [0.25, 0.3) is 0 Å². The fourth-order valence-electron chi connectivity index (χ4n) is 2.41. The van der Waals surface area contributed by atoms with Gasteiger partial charge < -0.3 is 5.32 Å². The number of nitrogens with zero attached hydrogens (tertiary/aromatic N) is 3. The van der Waals surface area contributed by atoms with Crippen molar-refractivity contribution in [1.82, 2.24) is 20.2 Å². The monoisotopic (exact) mass is 305 g/mol. The van der Waals surface area contributed by atoms with Crippen LogP contribution in [0.4, 0.5) is 10.2 Å². The molecule has 0 unspecified atom stereocenters. The Balaban J connectivity index is 2.31. The quantitative estimate of drug-likeness (QED) is 0.853. The maximum Gasteiger partial charge on any atom is 0.269 e. The molecule has 0 saturated heterocycles. The Morgan fingerprint density at radius 1 is 1.09 bits per heavy atom. The second-order valence-electron chi connectivity index (χ2n) is 4.85. The van der Waals surface area contributed by atoms with E-state index in [-0.39, 0.29) is 17.9 Å². The Hall–Kier alpha value is -2.31. The molecule has 2 heterocycles. The van der Waals surface area contributed by atoms with Crippen molar-refractivity contribution >= 4 is 5.82 Å². The molecule has 2 N–H and O–H groups in total. The Morgan fingerprint density at radius 2 is 1.82 bits per heavy atom. The van der Waals surface area contributed by atoms with Crippen LogP contribution in [0.1, 0.15) is 43.3 Å². The van der Waals surface area contributed by atoms with Gasteiger partial charge in [-0.1, -0.05) is 20.8 Å². The number of aryl methyl sites for hydroxylation is 2. The molecule has 6 nitrogen and oxygen atoms in total. The van der Waals surface area contributed by atoms with E-state index >= 15 is 0 Å². The van der Waals surface area contributed by atoms with E-state index in [1.165, 1.54) is 6.33 Å². The van der Waals surface area contributed by atoms with E-state index < -0.39 is 5.82 Å². The van der Waals surface area contributed by atoms with Crippen LogP contribution in [0, 0.1) is 5.82 Å². The zero-order chi connectivity index (χ0) is 16.1. The van der Waals surface area contributed by atoms with Crippen LogP contribution in [0.5, 0.6) is 0 Å². The number of nitrogens with one attached hydrogen (secondary N) is 2. The average Bonchev–Trinajstić information content (AvgIpc) is 2.54. The second-order valence-corrected chi connectivity index (χ2v) is 4.85. The molecule has 0 radical (unpaired) electrons. The van der Waals surface area contributed by atoms with Gasteiger partial charge in [-0.15, -0.1) is 0 Å². The van der Waals surface area contributed by atoms with Crippen LogP contribution in [0.15, 0.2) is 11.1 Å². The molecule has 0 saturated carbocycles. The Kier molecular flexibility index (Phi) is 5.19. The fraction of sp³-hybridized carbons (Fsp3) is 0.467. The summed E-state index contributed by atoms with van der Waals surface area (Å²) in [6, 6.07) is 0. The molecule has 2 aromatic rings. The van der Waals surface area contributed by atoms with Gasteiger partial charge in [-0.05, 0) is 24.8 Å². The van der Waals surface area contributed by atoms with Crippen molar-refractivity contribution in [1.29, 1.82) is 0 Å². The zero-order valence-electron chi connectivity index (χ0n) is 13.0. The molecular weight excluding hydrogens is 285 g/mol. The minimum atomic E-state index is -0.468. The van der Waals surface area contributed by atoms with Gasteiger partial charge in [0.05, 0.1) is 11.4 Å². The summed E-state index contributed by atoms with van der Waals surface area (Å²) in [6.07, 6.45) is 3.23. The number of aromatic amines is 1. The molecule has 0 aliphatic carbocycles. The number of rotatable bonds is 6. The molecule has 0 spiro atoms. The van der Waals surface area contributed by atoms with E-state index in [2.05, 4.69) is 25.5 Å². The highest BCUT2D eigenvalue weighted by Gasteiger charge is 2.14. The predicted molar refractivity (Wildman–Crippen MR) is 82.3 cm³/mol. The van der Waals surface area contributed by atoms with Gasteiger partial charge in [0.25, 0.3) is 5.56 Å². The van der Waals surface area contributed by atoms with Gasteiger partial charge in [0.2, 0.25) is 0 Å². The highest BCUT2D eigenvalue weighted by atomic mass is 19.1. The summed E-state index contributed by atoms with van der Waals surface area (Å²) in [5, 5.41) is 9.46. The van der Waals surface area contributed by atoms with Gasteiger partial charge in [-0.25, -0.2) is 19.5 Å². The van der Waals surface area contributed by atoms with Crippen molar-refractivity contribution in [3.63, 3.8) is 0 Å². The van der Waals surface area contributed by atoms with Crippen molar-refractivity contribution in [2.45, 2.75) is 46.6 Å². The molecule has 22 heavy (non-hydrogen) atoms. The molecule has 2 rings (SSSR count). The van der Waals surface area contributed by atoms with Crippen LogP contribution in [-0.2, 0) is 25.8 Å². The molecule has 0 bridgehead atoms. The van der Waals surface area contributed by atoms with E-state index in [0.29, 0.717) is 24.1 Å². The Morgan fingerprint density at radius 3 is 2.45 bits per heavy atom. The lowest BCUT2D eigenvalue weighted by atomic mass is 10.0. The Bertz CT molecular complexity index is 714. The first kappa shape index (κ1) is 16.1. The number of anilines is 1. The Labute approximate surface area is 128 Å². The normalized spacial score (nSPS) is 10.7. The number of hydrogen-bond acceptors (Lipinski definition) is 5. The van der Waals surface area contributed by atoms with E-state index in [1.54, 1.807) is 0 Å². The van der Waals surface area contributed by atoms with Crippen LogP contribution < -0.4 is 10.9 Å². The molecule has 7 heteroatoms. The molecule has 118 valence electrons. The third-order valence-electron chi connectivity index (χ3n) is 3.60. The number of halogens is 1. The fourth-order valence-corrected chi connectivity index (χ4v) is 2.41. The molecule has 0 fully saturated rings. The zero-order valence-corrected chi connectivity index (χ0v) is 13.0. The minimum Gasteiger partial charge on any atom is -0.363 e. The van der Waals surface area contributed by atoms with Crippen LogP contribution in [0.2, 0.25) is 0 Å². The van der Waals surface area contributed by atoms with Gasteiger partial charge >= 0.3 is 0 Å². The van der Waals surface area contributed by atoms with Crippen LogP contribution in [-0.4, -0.2) is 20.2 Å². The van der Waals surface area contributed by atoms with E-state index in [4.69, 9.17) is 0 Å². The van der Waals surface area contributed by atoms with E-state index in [0.717, 1.165) is 17.7 Å². The first-order valence-corrected chi connectivity index (χ1v) is 7.44. The highest BCUT2D eigenvalue weighted by molar-refractivity contribution is 5.39. The number of H-pyrrole nitrogens is 1. The first-order chi connectivity index (χ1) is 10.6. The van der Waals surface area contributed by atoms with Crippen molar-refractivity contribution in [2.24, 2.45) is 0 Å². The summed E-state index contributed by atoms with van der Waals surface area (Å²) < 4.78 is 14.1. The summed E-state index contributed by atoms with van der Waals surface area (Å²) in [5.74, 6) is -0.354. The van der Waals surface area contributed by atoms with Crippen molar-refractivity contribution in [3.8, 4) is 0 Å². The molecule has 0 aromatic carbocycles. The lowest BCUT2D eigenvalue weighted by molar-refractivity contribution is 0.596. The van der Waals surface area contributed by atoms with Crippen molar-refractivity contribution in [2.75, 3.05) is 5.32 Å². The summed E-state index contributed by atoms with van der Waals surface area (Å²) in [6.45, 7) is 5.98. The summed E-state index contributed by atoms with van der Waals surface area (Å²) in [4.78, 5) is 19.8. The predicted octanol–water partition coefficient (Wildman–Crippen LogP) is 2.00. The standard InChI is InChI=1S/C15H20FN5O/c1-4-9-10(15(22)21-20-11(9)5-2)7-17-14-13(16)12(6-3)18-8-19-14/h8H,4-7H2,1-3H3,(H,21,22)(H,17,18,19). The van der Waals surface area contributed by atoms with E-state index in [1.807, 2.05) is 20.8 Å². The maximum absolute atomic E-state index is 14.1. The molecule has 0 amide bonds. The van der Waals surface area contributed by atoms with Crippen molar-refractivity contribution < 1.29 is 4.39 Å². The molecule has 0 atom stereocenters. The highest BCUT2D eigenvalue weighted by Crippen LogP contribution is 2.16. The average molecular weight is 305 g/mol. The molecule has 2 aromatic heterocycles. The van der Waals surface area contributed by atoms with Crippen LogP contribution >= 0.6 is 0 Å². The first-order valence-electron chi connectivity index (χ1n) is 7.44. The second kappa shape index (κ2) is 7.11. The third kappa shape index (κ3) is 3.13. The molecule has 0 aliphatic rings. The van der Waals surface area contributed by atoms with Crippen LogP contribution in [0.3, 0.4) is 0 Å². The summed E-state index contributed by atoms with van der Waals surface area (Å²) >= 11 is 0. The minimum absolute atomic E-state index is 0.114. The van der Waals surface area contributed by atoms with Gasteiger partial charge in [0.15, 0.2) is 11.6 Å². The SMILES string of the molecule is CCc1ncnc(NCc2c(CC)c(CC)n[nH]c2=O)c1F. The van der Waals surface area contributed by atoms with E-state index in [9.17, 15) is 9.18 Å².